The average molecular weight is 330 g/mol. The summed E-state index contributed by atoms with van der Waals surface area (Å²) < 4.78 is 5.86. The van der Waals surface area contributed by atoms with Crippen LogP contribution in [0.15, 0.2) is 24.3 Å². The van der Waals surface area contributed by atoms with Crippen LogP contribution in [0.5, 0.6) is 5.75 Å². The summed E-state index contributed by atoms with van der Waals surface area (Å²) in [6.45, 7) is 2.61. The van der Waals surface area contributed by atoms with Gasteiger partial charge in [0.25, 0.3) is 0 Å². The predicted molar refractivity (Wildman–Crippen MR) is 97.4 cm³/mol. The molecule has 0 spiro atoms. The van der Waals surface area contributed by atoms with Crippen LogP contribution in [0.25, 0.3) is 0 Å². The first-order valence-electron chi connectivity index (χ1n) is 9.56. The molecule has 1 atom stereocenters. The van der Waals surface area contributed by atoms with Crippen LogP contribution >= 0.6 is 0 Å². The van der Waals surface area contributed by atoms with Crippen molar-refractivity contribution < 1.29 is 9.53 Å². The van der Waals surface area contributed by atoms with E-state index in [0.29, 0.717) is 0 Å². The lowest BCUT2D eigenvalue weighted by molar-refractivity contribution is -0.120. The lowest BCUT2D eigenvalue weighted by atomic mass is 9.87. The fraction of sp³-hybridized carbons (Fsp3) is 0.650. The van der Waals surface area contributed by atoms with Crippen LogP contribution in [0, 0.1) is 11.8 Å². The van der Waals surface area contributed by atoms with Gasteiger partial charge in [-0.3, -0.25) is 4.79 Å². The van der Waals surface area contributed by atoms with E-state index in [1.807, 2.05) is 24.3 Å². The van der Waals surface area contributed by atoms with E-state index in [9.17, 15) is 4.79 Å². The Morgan fingerprint density at radius 2 is 1.88 bits per heavy atom. The Morgan fingerprint density at radius 1 is 1.08 bits per heavy atom. The summed E-state index contributed by atoms with van der Waals surface area (Å²) >= 11 is 0. The molecule has 1 amide bonds. The number of nitrogens with one attached hydrogen (secondary N) is 2. The van der Waals surface area contributed by atoms with Gasteiger partial charge in [0.15, 0.2) is 0 Å². The molecule has 24 heavy (non-hydrogen) atoms. The number of piperidine rings is 1. The van der Waals surface area contributed by atoms with Crippen LogP contribution in [-0.4, -0.2) is 25.6 Å². The van der Waals surface area contributed by atoms with Gasteiger partial charge in [-0.25, -0.2) is 0 Å². The maximum Gasteiger partial charge on any atom is 0.228 e. The molecule has 0 bridgehead atoms. The molecule has 1 heterocycles. The second-order valence-electron chi connectivity index (χ2n) is 7.20. The standard InChI is InChI=1S/C20H30N2O2/c23-20(17-7-4-13-21-15-17)22-18-8-10-19(11-9-18)24-14-12-16-5-2-1-3-6-16/h8-11,16-17,21H,1-7,12-15H2,(H,22,23). The van der Waals surface area contributed by atoms with Gasteiger partial charge >= 0.3 is 0 Å². The molecular weight excluding hydrogens is 300 g/mol. The smallest absolute Gasteiger partial charge is 0.228 e. The molecule has 2 aliphatic rings. The van der Waals surface area contributed by atoms with Crippen molar-refractivity contribution >= 4 is 11.6 Å². The first-order chi connectivity index (χ1) is 11.8. The molecule has 2 N–H and O–H groups in total. The summed E-state index contributed by atoms with van der Waals surface area (Å²) in [6.07, 6.45) is 10.1. The fourth-order valence-corrected chi connectivity index (χ4v) is 3.77. The number of hydrogen-bond donors (Lipinski definition) is 2. The number of rotatable bonds is 6. The van der Waals surface area contributed by atoms with Gasteiger partial charge < -0.3 is 15.4 Å². The Morgan fingerprint density at radius 3 is 2.58 bits per heavy atom. The van der Waals surface area contributed by atoms with Gasteiger partial charge in [0.2, 0.25) is 5.91 Å². The Balaban J connectivity index is 1.40. The number of hydrogen-bond acceptors (Lipinski definition) is 3. The topological polar surface area (TPSA) is 50.4 Å². The molecular formula is C20H30N2O2. The molecule has 132 valence electrons. The molecule has 4 heteroatoms. The van der Waals surface area contributed by atoms with Gasteiger partial charge in [-0.05, 0) is 56.0 Å². The van der Waals surface area contributed by atoms with E-state index in [1.165, 1.54) is 32.1 Å². The summed E-state index contributed by atoms with van der Waals surface area (Å²) in [6, 6.07) is 7.78. The summed E-state index contributed by atoms with van der Waals surface area (Å²) in [5.74, 6) is 1.95. The van der Waals surface area contributed by atoms with Crippen LogP contribution in [0.3, 0.4) is 0 Å². The Labute approximate surface area is 145 Å². The molecule has 1 aromatic rings. The molecule has 1 saturated heterocycles. The fourth-order valence-electron chi connectivity index (χ4n) is 3.77. The minimum absolute atomic E-state index is 0.0881. The lowest BCUT2D eigenvalue weighted by Gasteiger charge is -2.22. The van der Waals surface area contributed by atoms with E-state index in [-0.39, 0.29) is 11.8 Å². The number of anilines is 1. The molecule has 1 aliphatic carbocycles. The third kappa shape index (κ3) is 5.23. The van der Waals surface area contributed by atoms with E-state index in [2.05, 4.69) is 10.6 Å². The molecule has 1 aliphatic heterocycles. The Bertz CT molecular complexity index is 503. The highest BCUT2D eigenvalue weighted by Crippen LogP contribution is 2.26. The number of benzene rings is 1. The maximum absolute atomic E-state index is 12.2. The van der Waals surface area contributed by atoms with Crippen molar-refractivity contribution in [3.05, 3.63) is 24.3 Å². The first-order valence-corrected chi connectivity index (χ1v) is 9.56. The molecule has 4 nitrogen and oxygen atoms in total. The van der Waals surface area contributed by atoms with Crippen LogP contribution in [0.2, 0.25) is 0 Å². The second-order valence-corrected chi connectivity index (χ2v) is 7.20. The molecule has 0 radical (unpaired) electrons. The Kier molecular flexibility index (Phi) is 6.53. The average Bonchev–Trinajstić information content (AvgIpc) is 2.65. The second kappa shape index (κ2) is 9.07. The minimum atomic E-state index is 0.0881. The summed E-state index contributed by atoms with van der Waals surface area (Å²) in [5, 5.41) is 6.29. The van der Waals surface area contributed by atoms with E-state index < -0.39 is 0 Å². The van der Waals surface area contributed by atoms with E-state index >= 15 is 0 Å². The lowest BCUT2D eigenvalue weighted by Crippen LogP contribution is -2.37. The highest BCUT2D eigenvalue weighted by atomic mass is 16.5. The van der Waals surface area contributed by atoms with Crippen molar-refractivity contribution in [2.24, 2.45) is 11.8 Å². The minimum Gasteiger partial charge on any atom is -0.494 e. The number of amides is 1. The van der Waals surface area contributed by atoms with Crippen LogP contribution in [0.4, 0.5) is 5.69 Å². The van der Waals surface area contributed by atoms with E-state index in [1.54, 1.807) is 0 Å². The van der Waals surface area contributed by atoms with Crippen molar-refractivity contribution in [2.75, 3.05) is 25.0 Å². The van der Waals surface area contributed by atoms with Crippen molar-refractivity contribution in [3.8, 4) is 5.75 Å². The van der Waals surface area contributed by atoms with Gasteiger partial charge in [0, 0.05) is 12.2 Å². The quantitative estimate of drug-likeness (QED) is 0.829. The summed E-state index contributed by atoms with van der Waals surface area (Å²) in [4.78, 5) is 12.2. The van der Waals surface area contributed by atoms with Gasteiger partial charge in [0.1, 0.15) is 5.75 Å². The van der Waals surface area contributed by atoms with Crippen LogP contribution in [-0.2, 0) is 4.79 Å². The molecule has 2 fully saturated rings. The van der Waals surface area contributed by atoms with Gasteiger partial charge in [-0.2, -0.15) is 0 Å². The zero-order valence-corrected chi connectivity index (χ0v) is 14.6. The first kappa shape index (κ1) is 17.3. The Hall–Kier alpha value is -1.55. The number of ether oxygens (including phenoxy) is 1. The number of carbonyl (C=O) groups is 1. The van der Waals surface area contributed by atoms with Crippen LogP contribution in [0.1, 0.15) is 51.4 Å². The van der Waals surface area contributed by atoms with Crippen molar-refractivity contribution in [2.45, 2.75) is 51.4 Å². The normalized spacial score (nSPS) is 22.1. The third-order valence-corrected chi connectivity index (χ3v) is 5.31. The van der Waals surface area contributed by atoms with Gasteiger partial charge in [-0.15, -0.1) is 0 Å². The molecule has 3 rings (SSSR count). The SMILES string of the molecule is O=C(Nc1ccc(OCCC2CCCCC2)cc1)C1CCCNC1. The van der Waals surface area contributed by atoms with Crippen molar-refractivity contribution in [1.29, 1.82) is 0 Å². The predicted octanol–water partition coefficient (Wildman–Crippen LogP) is 3.97. The van der Waals surface area contributed by atoms with E-state index in [0.717, 1.165) is 56.3 Å². The zero-order chi connectivity index (χ0) is 16.6. The van der Waals surface area contributed by atoms with E-state index in [4.69, 9.17) is 4.74 Å². The molecule has 1 saturated carbocycles. The summed E-state index contributed by atoms with van der Waals surface area (Å²) in [7, 11) is 0. The molecule has 1 unspecified atom stereocenters. The van der Waals surface area contributed by atoms with Crippen molar-refractivity contribution in [1.82, 2.24) is 5.32 Å². The summed E-state index contributed by atoms with van der Waals surface area (Å²) in [5.41, 5.74) is 0.852. The largest absolute Gasteiger partial charge is 0.494 e. The van der Waals surface area contributed by atoms with Crippen molar-refractivity contribution in [3.63, 3.8) is 0 Å². The van der Waals surface area contributed by atoms with Gasteiger partial charge in [-0.1, -0.05) is 32.1 Å². The highest BCUT2D eigenvalue weighted by molar-refractivity contribution is 5.92. The highest BCUT2D eigenvalue weighted by Gasteiger charge is 2.20. The molecule has 0 aromatic heterocycles. The van der Waals surface area contributed by atoms with Gasteiger partial charge in [0.05, 0.1) is 12.5 Å². The third-order valence-electron chi connectivity index (χ3n) is 5.31. The molecule has 1 aromatic carbocycles. The zero-order valence-electron chi connectivity index (χ0n) is 14.6. The maximum atomic E-state index is 12.2. The number of carbonyl (C=O) groups excluding carboxylic acids is 1. The monoisotopic (exact) mass is 330 g/mol. The van der Waals surface area contributed by atoms with Crippen LogP contribution < -0.4 is 15.4 Å².